The third-order valence-electron chi connectivity index (χ3n) is 8.21. The van der Waals surface area contributed by atoms with Crippen molar-refractivity contribution in [1.29, 1.82) is 0 Å². The summed E-state index contributed by atoms with van der Waals surface area (Å²) < 4.78 is 34.3. The normalized spacial score (nSPS) is 15.9. The molecule has 1 saturated heterocycles. The molecule has 226 valence electrons. The quantitative estimate of drug-likeness (QED) is 0.257. The second kappa shape index (κ2) is 13.0. The number of carbonyl (C=O) groups excluding carboxylic acids is 1. The van der Waals surface area contributed by atoms with Crippen LogP contribution in [0.5, 0.6) is 5.75 Å². The van der Waals surface area contributed by atoms with Crippen molar-refractivity contribution in [2.45, 2.75) is 37.0 Å². The van der Waals surface area contributed by atoms with E-state index in [1.807, 2.05) is 6.07 Å². The molecule has 0 aliphatic carbocycles. The Morgan fingerprint density at radius 1 is 0.977 bits per heavy atom. The number of urea groups is 1. The molecule has 0 radical (unpaired) electrons. The minimum atomic E-state index is -4.05. The van der Waals surface area contributed by atoms with E-state index < -0.39 is 16.1 Å². The number of unbranched alkanes of at least 4 members (excludes halogenated alkanes) is 1. The first-order valence-electron chi connectivity index (χ1n) is 15.0. The Morgan fingerprint density at radius 2 is 1.81 bits per heavy atom. The predicted octanol–water partition coefficient (Wildman–Crippen LogP) is 5.10. The number of ether oxygens (including phenoxy) is 1. The number of hydrogen-bond donors (Lipinski definition) is 2. The van der Waals surface area contributed by atoms with Crippen molar-refractivity contribution in [3.8, 4) is 5.75 Å². The summed E-state index contributed by atoms with van der Waals surface area (Å²) in [5.41, 5.74) is 3.60. The molecule has 10 nitrogen and oxygen atoms in total. The molecule has 1 fully saturated rings. The number of nitrogens with one attached hydrogen (secondary N) is 2. The van der Waals surface area contributed by atoms with Crippen LogP contribution < -0.4 is 15.0 Å². The van der Waals surface area contributed by atoms with Gasteiger partial charge in [-0.05, 0) is 74.5 Å². The van der Waals surface area contributed by atoms with Crippen molar-refractivity contribution in [1.82, 2.24) is 19.2 Å². The van der Waals surface area contributed by atoms with Gasteiger partial charge in [-0.15, -0.1) is 0 Å². The Bertz CT molecular complexity index is 1650. The van der Waals surface area contributed by atoms with Gasteiger partial charge in [-0.2, -0.15) is 0 Å². The molecule has 2 aliphatic heterocycles. The molecular weight excluding hydrogens is 564 g/mol. The van der Waals surface area contributed by atoms with Gasteiger partial charge in [0.15, 0.2) is 0 Å². The lowest BCUT2D eigenvalue weighted by molar-refractivity contribution is 0.231. The van der Waals surface area contributed by atoms with E-state index in [4.69, 9.17) is 4.74 Å². The van der Waals surface area contributed by atoms with E-state index in [9.17, 15) is 13.2 Å². The summed E-state index contributed by atoms with van der Waals surface area (Å²) in [5, 5.41) is 3.50. The molecule has 0 bridgehead atoms. The zero-order valence-electron chi connectivity index (χ0n) is 24.2. The van der Waals surface area contributed by atoms with Gasteiger partial charge in [-0.25, -0.2) is 22.5 Å². The molecule has 2 aliphatic rings. The van der Waals surface area contributed by atoms with Crippen LogP contribution >= 0.6 is 0 Å². The Hall–Kier alpha value is -4.09. The van der Waals surface area contributed by atoms with E-state index in [-0.39, 0.29) is 11.4 Å². The van der Waals surface area contributed by atoms with E-state index >= 15 is 0 Å². The van der Waals surface area contributed by atoms with Gasteiger partial charge in [-0.1, -0.05) is 30.3 Å². The highest BCUT2D eigenvalue weighted by Crippen LogP contribution is 2.35. The first-order chi connectivity index (χ1) is 21.0. The van der Waals surface area contributed by atoms with E-state index in [1.54, 1.807) is 36.7 Å². The number of nitrogens with zero attached hydrogens (tertiary/aromatic N) is 4. The van der Waals surface area contributed by atoms with Crippen molar-refractivity contribution in [3.05, 3.63) is 78.6 Å². The van der Waals surface area contributed by atoms with Crippen LogP contribution in [0, 0.1) is 0 Å². The van der Waals surface area contributed by atoms with Crippen LogP contribution in [0.25, 0.3) is 11.0 Å². The van der Waals surface area contributed by atoms with E-state index in [1.165, 1.54) is 23.4 Å². The zero-order valence-corrected chi connectivity index (χ0v) is 25.1. The van der Waals surface area contributed by atoms with Crippen molar-refractivity contribution >= 4 is 38.5 Å². The average molecular weight is 603 g/mol. The van der Waals surface area contributed by atoms with Crippen LogP contribution in [0.4, 0.5) is 16.2 Å². The lowest BCUT2D eigenvalue weighted by Crippen LogP contribution is -2.47. The fourth-order valence-electron chi connectivity index (χ4n) is 5.87. The summed E-state index contributed by atoms with van der Waals surface area (Å²) in [6.45, 7) is 5.36. The number of amides is 2. The molecule has 2 aromatic heterocycles. The van der Waals surface area contributed by atoms with Crippen LogP contribution in [0.1, 0.15) is 31.2 Å². The molecule has 11 heteroatoms. The van der Waals surface area contributed by atoms with Crippen molar-refractivity contribution in [3.63, 3.8) is 0 Å². The number of aryl methyl sites for hydroxylation is 1. The third kappa shape index (κ3) is 6.47. The molecule has 2 N–H and O–H groups in total. The summed E-state index contributed by atoms with van der Waals surface area (Å²) in [6, 6.07) is 17.5. The van der Waals surface area contributed by atoms with Gasteiger partial charge >= 0.3 is 6.03 Å². The van der Waals surface area contributed by atoms with Crippen molar-refractivity contribution in [2.75, 3.05) is 56.1 Å². The molecule has 0 spiro atoms. The van der Waals surface area contributed by atoms with Crippen molar-refractivity contribution < 1.29 is 17.9 Å². The fourth-order valence-corrected chi connectivity index (χ4v) is 7.26. The smallest absolute Gasteiger partial charge is 0.335 e. The van der Waals surface area contributed by atoms with Gasteiger partial charge in [0.05, 0.1) is 22.9 Å². The number of pyridine rings is 1. The Kier molecular flexibility index (Phi) is 8.80. The molecule has 6 rings (SSSR count). The maximum atomic E-state index is 13.6. The number of para-hydroxylation sites is 1. The second-order valence-electron chi connectivity index (χ2n) is 11.0. The number of aromatic amines is 1. The monoisotopic (exact) mass is 602 g/mol. The maximum absolute atomic E-state index is 13.6. The predicted molar refractivity (Wildman–Crippen MR) is 168 cm³/mol. The molecule has 0 unspecified atom stereocenters. The van der Waals surface area contributed by atoms with E-state index in [0.717, 1.165) is 75.1 Å². The largest absolute Gasteiger partial charge is 0.491 e. The number of carbonyl (C=O) groups is 1. The summed E-state index contributed by atoms with van der Waals surface area (Å²) >= 11 is 0. The number of anilines is 2. The van der Waals surface area contributed by atoms with Crippen molar-refractivity contribution in [2.24, 2.45) is 0 Å². The highest BCUT2D eigenvalue weighted by Gasteiger charge is 2.30. The molecule has 4 aromatic rings. The number of H-pyrrole nitrogens is 1. The second-order valence-corrected chi connectivity index (χ2v) is 12.9. The average Bonchev–Trinajstić information content (AvgIpc) is 3.27. The number of rotatable bonds is 9. The van der Waals surface area contributed by atoms with Gasteiger partial charge < -0.3 is 19.9 Å². The maximum Gasteiger partial charge on any atom is 0.335 e. The minimum absolute atomic E-state index is 0.0805. The number of hydrogen-bond acceptors (Lipinski definition) is 7. The van der Waals surface area contributed by atoms with Gasteiger partial charge in [0, 0.05) is 50.5 Å². The highest BCUT2D eigenvalue weighted by atomic mass is 32.2. The van der Waals surface area contributed by atoms with Crippen LogP contribution in [-0.2, 0) is 16.4 Å². The molecule has 4 heterocycles. The van der Waals surface area contributed by atoms with Crippen LogP contribution in [0.2, 0.25) is 0 Å². The van der Waals surface area contributed by atoms with Crippen LogP contribution in [-0.4, -0.2) is 79.5 Å². The fraction of sp³-hybridized carbons (Fsp3) is 0.375. The van der Waals surface area contributed by atoms with Gasteiger partial charge in [0.2, 0.25) is 0 Å². The lowest BCUT2D eigenvalue weighted by atomic mass is 10.1. The SMILES string of the molecule is O=C(Nc1c[nH]c2ncccc12)N(CCCCN1CCN(c2cccc3c2OCCCC3)CC1)S(=O)(=O)c1ccccc1. The Balaban J connectivity index is 1.06. The summed E-state index contributed by atoms with van der Waals surface area (Å²) in [5.74, 6) is 1.05. The topological polar surface area (TPSA) is 111 Å². The Morgan fingerprint density at radius 3 is 2.65 bits per heavy atom. The number of benzene rings is 2. The molecule has 43 heavy (non-hydrogen) atoms. The summed E-state index contributed by atoms with van der Waals surface area (Å²) in [7, 11) is -4.05. The minimum Gasteiger partial charge on any atom is -0.491 e. The standard InChI is InChI=1S/C32H38N6O4S/c39-32(35-28-24-34-31-27(28)14-9-16-33-31)38(43(40,41)26-12-2-1-3-13-26)18-6-5-17-36-19-21-37(22-20-36)29-15-8-11-25-10-4-7-23-42-30(25)29/h1-3,8-9,11-16,24H,4-7,10,17-23H2,(H,33,34)(H,35,39). The Labute approximate surface area is 252 Å². The van der Waals surface area contributed by atoms with Gasteiger partial charge in [0.1, 0.15) is 11.4 Å². The lowest BCUT2D eigenvalue weighted by Gasteiger charge is -2.37. The summed E-state index contributed by atoms with van der Waals surface area (Å²) in [4.78, 5) is 25.6. The molecular formula is C32H38N6O4S. The third-order valence-corrected chi connectivity index (χ3v) is 10.0. The number of aromatic nitrogens is 2. The van der Waals surface area contributed by atoms with Gasteiger partial charge in [-0.3, -0.25) is 4.90 Å². The van der Waals surface area contributed by atoms with Crippen LogP contribution in [0.15, 0.2) is 78.0 Å². The molecule has 2 aromatic carbocycles. The molecule has 0 atom stereocenters. The zero-order chi connectivity index (χ0) is 29.6. The highest BCUT2D eigenvalue weighted by molar-refractivity contribution is 7.89. The van der Waals surface area contributed by atoms with Gasteiger partial charge in [0.25, 0.3) is 10.0 Å². The number of sulfonamides is 1. The van der Waals surface area contributed by atoms with E-state index in [0.29, 0.717) is 23.1 Å². The number of fused-ring (bicyclic) bond motifs is 2. The first-order valence-corrected chi connectivity index (χ1v) is 16.5. The number of piperazine rings is 1. The van der Waals surface area contributed by atoms with Crippen LogP contribution in [0.3, 0.4) is 0 Å². The summed E-state index contributed by atoms with van der Waals surface area (Å²) in [6.07, 6.45) is 7.92. The molecule has 2 amide bonds. The molecule has 0 saturated carbocycles. The first kappa shape index (κ1) is 29.0. The van der Waals surface area contributed by atoms with E-state index in [2.05, 4.69) is 43.3 Å².